The molecule has 0 N–H and O–H groups in total. The average Bonchev–Trinajstić information content (AvgIpc) is 1.65. The molecule has 1 radical (unpaired) electrons. The van der Waals surface area contributed by atoms with E-state index in [1.54, 1.807) is 0 Å². The zero-order valence-electron chi connectivity index (χ0n) is 3.10. The van der Waals surface area contributed by atoms with Crippen LogP contribution < -0.4 is 0 Å². The Balaban J connectivity index is 3.52. The number of allylic oxidation sites excluding steroid dienone is 1. The summed E-state index contributed by atoms with van der Waals surface area (Å²) in [6.45, 7) is 2.93. The summed E-state index contributed by atoms with van der Waals surface area (Å²) in [5.41, 5.74) is 0. The van der Waals surface area contributed by atoms with E-state index in [-0.39, 0.29) is 6.29 Å². The van der Waals surface area contributed by atoms with Gasteiger partial charge in [0.1, 0.15) is 0 Å². The van der Waals surface area contributed by atoms with Crippen molar-refractivity contribution in [2.75, 3.05) is 0 Å². The van der Waals surface area contributed by atoms with Gasteiger partial charge in [-0.3, -0.25) is 9.59 Å². The molecule has 2 heteroatoms. The van der Waals surface area contributed by atoms with Crippen molar-refractivity contribution in [3.05, 3.63) is 12.7 Å². The van der Waals surface area contributed by atoms with Gasteiger partial charge in [0.05, 0.1) is 0 Å². The first kappa shape index (κ1) is 5.08. The van der Waals surface area contributed by atoms with Crippen molar-refractivity contribution >= 4 is 12.1 Å². The smallest absolute Gasteiger partial charge is 0.225 e. The zero-order valence-corrected chi connectivity index (χ0v) is 3.10. The molecule has 0 atom stereocenters. The molecule has 0 aromatic heterocycles. The summed E-state index contributed by atoms with van der Waals surface area (Å²) in [5.74, 6) is -0.699. The van der Waals surface area contributed by atoms with E-state index in [2.05, 4.69) is 6.58 Å². The summed E-state index contributed by atoms with van der Waals surface area (Å²) < 4.78 is 0. The second kappa shape index (κ2) is 2.33. The maximum Gasteiger partial charge on any atom is 0.225 e. The lowest BCUT2D eigenvalue weighted by atomic mass is 10.4. The van der Waals surface area contributed by atoms with E-state index < -0.39 is 5.78 Å². The molecule has 0 aliphatic carbocycles. The highest BCUT2D eigenvalue weighted by Crippen LogP contribution is 1.56. The largest absolute Gasteiger partial charge is 0.294 e. The lowest BCUT2D eigenvalue weighted by molar-refractivity contribution is -0.127. The van der Waals surface area contributed by atoms with Gasteiger partial charge in [-0.25, -0.2) is 0 Å². The van der Waals surface area contributed by atoms with Crippen molar-refractivity contribution in [1.82, 2.24) is 0 Å². The van der Waals surface area contributed by atoms with E-state index >= 15 is 0 Å². The lowest BCUT2D eigenvalue weighted by Crippen LogP contribution is -1.89. The minimum atomic E-state index is -0.699. The Hall–Kier alpha value is -0.920. The molecular weight excluding hydrogens is 80.0 g/mol. The van der Waals surface area contributed by atoms with Crippen molar-refractivity contribution in [1.29, 1.82) is 0 Å². The van der Waals surface area contributed by atoms with Gasteiger partial charge in [-0.1, -0.05) is 6.58 Å². The summed E-state index contributed by atoms with van der Waals surface area (Å²) in [5, 5.41) is 0. The Kier molecular flexibility index (Phi) is 1.97. The summed E-state index contributed by atoms with van der Waals surface area (Å²) in [7, 11) is 0. The molecule has 0 aromatic rings. The van der Waals surface area contributed by atoms with Gasteiger partial charge in [0.25, 0.3) is 0 Å². The molecule has 2 nitrogen and oxygen atoms in total. The first-order chi connectivity index (χ1) is 2.81. The second-order valence-electron chi connectivity index (χ2n) is 0.659. The highest BCUT2D eigenvalue weighted by Gasteiger charge is 1.83. The fraction of sp³-hybridized carbons (Fsp3) is 0. The van der Waals surface area contributed by atoms with E-state index in [1.807, 2.05) is 6.08 Å². The Labute approximate surface area is 35.5 Å². The van der Waals surface area contributed by atoms with Crippen molar-refractivity contribution in [3.8, 4) is 0 Å². The van der Waals surface area contributed by atoms with Crippen LogP contribution in [-0.4, -0.2) is 12.1 Å². The summed E-state index contributed by atoms with van der Waals surface area (Å²) in [6, 6.07) is 0. The van der Waals surface area contributed by atoms with Gasteiger partial charge in [-0.2, -0.15) is 0 Å². The predicted molar refractivity (Wildman–Crippen MR) is 19.9 cm³/mol. The first-order valence-corrected chi connectivity index (χ1v) is 1.33. The first-order valence-electron chi connectivity index (χ1n) is 1.33. The van der Waals surface area contributed by atoms with Gasteiger partial charge < -0.3 is 0 Å². The van der Waals surface area contributed by atoms with Crippen LogP contribution in [-0.2, 0) is 9.59 Å². The number of carbonyl (C=O) groups is 2. The molecule has 0 spiro atoms. The zero-order chi connectivity index (χ0) is 4.99. The summed E-state index contributed by atoms with van der Waals surface area (Å²) in [4.78, 5) is 18.9. The Morgan fingerprint density at radius 3 is 2.33 bits per heavy atom. The molecule has 6 heavy (non-hydrogen) atoms. The molecular formula is C4H3O2. The number of carbonyl (C=O) groups excluding carboxylic acids is 2. The van der Waals surface area contributed by atoms with Crippen LogP contribution >= 0.6 is 0 Å². The van der Waals surface area contributed by atoms with E-state index in [0.29, 0.717) is 0 Å². The molecule has 0 rings (SSSR count). The summed E-state index contributed by atoms with van der Waals surface area (Å²) in [6.07, 6.45) is 2.02. The quantitative estimate of drug-likeness (QED) is 0.262. The Morgan fingerprint density at radius 2 is 2.33 bits per heavy atom. The fourth-order valence-corrected chi connectivity index (χ4v) is 0.0417. The van der Waals surface area contributed by atoms with Crippen LogP contribution in [0.1, 0.15) is 0 Å². The highest BCUT2D eigenvalue weighted by atomic mass is 16.2. The fourth-order valence-electron chi connectivity index (χ4n) is 0.0417. The van der Waals surface area contributed by atoms with E-state index in [4.69, 9.17) is 0 Å². The van der Waals surface area contributed by atoms with Gasteiger partial charge in [0.2, 0.25) is 5.78 Å². The van der Waals surface area contributed by atoms with Gasteiger partial charge in [-0.05, 0) is 0 Å². The van der Waals surface area contributed by atoms with Crippen LogP contribution in [0.25, 0.3) is 0 Å². The number of aldehydes is 1. The minimum absolute atomic E-state index is 0.160. The van der Waals surface area contributed by atoms with E-state index in [9.17, 15) is 9.59 Å². The molecule has 0 aromatic carbocycles. The summed E-state index contributed by atoms with van der Waals surface area (Å²) >= 11 is 0. The van der Waals surface area contributed by atoms with Crippen molar-refractivity contribution in [2.45, 2.75) is 0 Å². The number of rotatable bonds is 2. The highest BCUT2D eigenvalue weighted by molar-refractivity contribution is 6.28. The van der Waals surface area contributed by atoms with E-state index in [0.717, 1.165) is 0 Å². The standard InChI is InChI=1S/C4H3O2/c1-2-4(6)3-5/h3H,1H2. The van der Waals surface area contributed by atoms with Crippen LogP contribution in [0.15, 0.2) is 6.58 Å². The van der Waals surface area contributed by atoms with Crippen LogP contribution in [0, 0.1) is 6.08 Å². The van der Waals surface area contributed by atoms with Crippen LogP contribution in [0.4, 0.5) is 0 Å². The lowest BCUT2D eigenvalue weighted by Gasteiger charge is -1.61. The number of Topliss-reactive ketones (excluding diaryl/α,β-unsaturated/α-hetero) is 1. The SMILES string of the molecule is C=[C]C(=O)C=O. The van der Waals surface area contributed by atoms with Crippen LogP contribution in [0.3, 0.4) is 0 Å². The molecule has 0 aliphatic rings. The molecule has 0 saturated heterocycles. The molecule has 0 saturated carbocycles. The second-order valence-corrected chi connectivity index (χ2v) is 0.659. The normalized spacial score (nSPS) is 6.67. The molecule has 0 bridgehead atoms. The Bertz CT molecular complexity index is 73.5. The van der Waals surface area contributed by atoms with Crippen molar-refractivity contribution in [2.24, 2.45) is 0 Å². The molecule has 0 unspecified atom stereocenters. The molecule has 31 valence electrons. The van der Waals surface area contributed by atoms with E-state index in [1.165, 1.54) is 0 Å². The number of hydrogen-bond donors (Lipinski definition) is 0. The maximum atomic E-state index is 9.64. The third-order valence-electron chi connectivity index (χ3n) is 0.281. The van der Waals surface area contributed by atoms with Gasteiger partial charge in [-0.15, -0.1) is 0 Å². The third kappa shape index (κ3) is 1.40. The molecule has 0 amide bonds. The van der Waals surface area contributed by atoms with Crippen LogP contribution in [0.5, 0.6) is 0 Å². The monoisotopic (exact) mass is 83.0 g/mol. The third-order valence-corrected chi connectivity index (χ3v) is 0.281. The number of ketones is 1. The van der Waals surface area contributed by atoms with Gasteiger partial charge in [0.15, 0.2) is 6.29 Å². The molecule has 0 fully saturated rings. The van der Waals surface area contributed by atoms with Crippen LogP contribution in [0.2, 0.25) is 0 Å². The maximum absolute atomic E-state index is 9.64. The topological polar surface area (TPSA) is 34.1 Å². The minimum Gasteiger partial charge on any atom is -0.294 e. The molecule has 0 heterocycles. The van der Waals surface area contributed by atoms with Crippen molar-refractivity contribution < 1.29 is 9.59 Å². The van der Waals surface area contributed by atoms with Gasteiger partial charge >= 0.3 is 0 Å². The Morgan fingerprint density at radius 1 is 1.83 bits per heavy atom. The number of hydrogen-bond acceptors (Lipinski definition) is 2. The average molecular weight is 83.1 g/mol. The molecule has 0 aliphatic heterocycles. The predicted octanol–water partition coefficient (Wildman–Crippen LogP) is -0.256. The van der Waals surface area contributed by atoms with Crippen molar-refractivity contribution in [3.63, 3.8) is 0 Å². The van der Waals surface area contributed by atoms with Gasteiger partial charge in [0, 0.05) is 6.08 Å².